The van der Waals surface area contributed by atoms with Gasteiger partial charge in [-0.3, -0.25) is 4.79 Å². The zero-order valence-corrected chi connectivity index (χ0v) is 8.81. The monoisotopic (exact) mass is 222 g/mol. The maximum absolute atomic E-state index is 11.9. The quantitative estimate of drug-likeness (QED) is 0.759. The highest BCUT2D eigenvalue weighted by molar-refractivity contribution is 6.18. The molecule has 0 aromatic heterocycles. The largest absolute Gasteiger partial charge is 0.493 e. The minimum absolute atomic E-state index is 0.194. The summed E-state index contributed by atoms with van der Waals surface area (Å²) in [4.78, 5) is 22.9. The number of ketones is 1. The van der Waals surface area contributed by atoms with E-state index in [1.54, 1.807) is 12.1 Å². The lowest BCUT2D eigenvalue weighted by molar-refractivity contribution is -0.148. The molecule has 1 aliphatic heterocycles. The third kappa shape index (κ3) is 1.18. The molecular weight excluding hydrogens is 212 g/mol. The zero-order valence-electron chi connectivity index (χ0n) is 8.81. The van der Waals surface area contributed by atoms with Crippen molar-refractivity contribution in [3.63, 3.8) is 0 Å². The van der Waals surface area contributed by atoms with Crippen LogP contribution in [0.5, 0.6) is 11.5 Å². The van der Waals surface area contributed by atoms with Crippen LogP contribution in [0.25, 0.3) is 0 Å². The average molecular weight is 222 g/mol. The number of rotatable bonds is 2. The molecule has 0 amide bonds. The van der Waals surface area contributed by atoms with Crippen molar-refractivity contribution in [2.75, 3.05) is 7.11 Å². The fourth-order valence-corrected chi connectivity index (χ4v) is 1.61. The molecule has 1 aromatic carbocycles. The molecule has 84 valence electrons. The molecule has 1 heterocycles. The second-order valence-corrected chi connectivity index (χ2v) is 3.61. The van der Waals surface area contributed by atoms with Gasteiger partial charge in [-0.25, -0.2) is 4.79 Å². The second kappa shape index (κ2) is 3.23. The number of fused-ring (bicyclic) bond motifs is 1. The first-order valence-electron chi connectivity index (χ1n) is 4.65. The molecule has 1 N–H and O–H groups in total. The SMILES string of the molecule is COc1cccc2c1OC(C)(C(=O)O)C2=O. The molecule has 5 heteroatoms. The molecule has 0 saturated heterocycles. The van der Waals surface area contributed by atoms with Gasteiger partial charge in [-0.2, -0.15) is 0 Å². The molecule has 0 aliphatic carbocycles. The first-order chi connectivity index (χ1) is 7.50. The molecule has 1 unspecified atom stereocenters. The fourth-order valence-electron chi connectivity index (χ4n) is 1.61. The standard InChI is InChI=1S/C11H10O5/c1-11(10(13)14)9(12)6-4-3-5-7(15-2)8(6)16-11/h3-5H,1-2H3,(H,13,14). The van der Waals surface area contributed by atoms with E-state index in [0.717, 1.165) is 0 Å². The van der Waals surface area contributed by atoms with Gasteiger partial charge in [0.15, 0.2) is 11.5 Å². The van der Waals surface area contributed by atoms with E-state index in [-0.39, 0.29) is 11.3 Å². The molecule has 0 spiro atoms. The molecule has 1 aromatic rings. The average Bonchev–Trinajstić information content (AvgIpc) is 2.53. The molecule has 0 bridgehead atoms. The van der Waals surface area contributed by atoms with Crippen LogP contribution in [-0.4, -0.2) is 29.6 Å². The van der Waals surface area contributed by atoms with Crippen LogP contribution >= 0.6 is 0 Å². The van der Waals surface area contributed by atoms with Crippen LogP contribution in [0, 0.1) is 0 Å². The van der Waals surface area contributed by atoms with Gasteiger partial charge >= 0.3 is 5.97 Å². The molecule has 16 heavy (non-hydrogen) atoms. The first kappa shape index (κ1) is 10.5. The van der Waals surface area contributed by atoms with Gasteiger partial charge in [0.2, 0.25) is 5.78 Å². The summed E-state index contributed by atoms with van der Waals surface area (Å²) in [5, 5.41) is 8.99. The van der Waals surface area contributed by atoms with Gasteiger partial charge in [0.05, 0.1) is 12.7 Å². The predicted octanol–water partition coefficient (Wildman–Crippen LogP) is 1.11. The van der Waals surface area contributed by atoms with Gasteiger partial charge in [0.25, 0.3) is 5.60 Å². The van der Waals surface area contributed by atoms with Gasteiger partial charge in [0.1, 0.15) is 0 Å². The fraction of sp³-hybridized carbons (Fsp3) is 0.273. The summed E-state index contributed by atoms with van der Waals surface area (Å²) >= 11 is 0. The maximum Gasteiger partial charge on any atom is 0.356 e. The van der Waals surface area contributed by atoms with E-state index in [4.69, 9.17) is 14.6 Å². The number of carboxylic acids is 1. The van der Waals surface area contributed by atoms with Crippen LogP contribution in [0.4, 0.5) is 0 Å². The minimum Gasteiger partial charge on any atom is -0.493 e. The minimum atomic E-state index is -1.85. The summed E-state index contributed by atoms with van der Waals surface area (Å²) in [6.45, 7) is 1.23. The summed E-state index contributed by atoms with van der Waals surface area (Å²) in [6, 6.07) is 4.75. The van der Waals surface area contributed by atoms with Crippen molar-refractivity contribution in [1.82, 2.24) is 0 Å². The summed E-state index contributed by atoms with van der Waals surface area (Å²) < 4.78 is 10.2. The molecule has 0 fully saturated rings. The third-order valence-electron chi connectivity index (χ3n) is 2.59. The number of Topliss-reactive ketones (excluding diaryl/α,β-unsaturated/α-hetero) is 1. The van der Waals surface area contributed by atoms with Crippen molar-refractivity contribution in [2.24, 2.45) is 0 Å². The van der Waals surface area contributed by atoms with Crippen LogP contribution < -0.4 is 9.47 Å². The van der Waals surface area contributed by atoms with Crippen molar-refractivity contribution in [3.8, 4) is 11.5 Å². The Morgan fingerprint density at radius 3 is 2.75 bits per heavy atom. The van der Waals surface area contributed by atoms with Gasteiger partial charge in [-0.15, -0.1) is 0 Å². The van der Waals surface area contributed by atoms with E-state index in [2.05, 4.69) is 0 Å². The molecular formula is C11H10O5. The van der Waals surface area contributed by atoms with E-state index in [1.807, 2.05) is 0 Å². The van der Waals surface area contributed by atoms with Crippen LogP contribution in [0.3, 0.4) is 0 Å². The normalized spacial score (nSPS) is 22.5. The Morgan fingerprint density at radius 2 is 2.19 bits per heavy atom. The van der Waals surface area contributed by atoms with E-state index >= 15 is 0 Å². The summed E-state index contributed by atoms with van der Waals surface area (Å²) in [5.41, 5.74) is -1.61. The lowest BCUT2D eigenvalue weighted by atomic mass is 9.98. The second-order valence-electron chi connectivity index (χ2n) is 3.61. The number of carboxylic acid groups (broad SMARTS) is 1. The molecule has 0 saturated carbocycles. The van der Waals surface area contributed by atoms with Gasteiger partial charge in [0, 0.05) is 0 Å². The Balaban J connectivity index is 2.58. The van der Waals surface area contributed by atoms with Crippen molar-refractivity contribution in [2.45, 2.75) is 12.5 Å². The summed E-state index contributed by atoms with van der Waals surface area (Å²) in [6.07, 6.45) is 0. The predicted molar refractivity (Wildman–Crippen MR) is 54.0 cm³/mol. The van der Waals surface area contributed by atoms with Crippen LogP contribution in [0.1, 0.15) is 17.3 Å². The Morgan fingerprint density at radius 1 is 1.50 bits per heavy atom. The highest BCUT2D eigenvalue weighted by atomic mass is 16.6. The highest BCUT2D eigenvalue weighted by Crippen LogP contribution is 2.41. The van der Waals surface area contributed by atoms with Crippen LogP contribution in [-0.2, 0) is 4.79 Å². The van der Waals surface area contributed by atoms with Crippen molar-refractivity contribution in [1.29, 1.82) is 0 Å². The molecule has 1 atom stereocenters. The van der Waals surface area contributed by atoms with Crippen LogP contribution in [0.2, 0.25) is 0 Å². The van der Waals surface area contributed by atoms with E-state index in [1.165, 1.54) is 20.1 Å². The lowest BCUT2D eigenvalue weighted by Gasteiger charge is -2.16. The first-order valence-corrected chi connectivity index (χ1v) is 4.65. The number of aliphatic carboxylic acids is 1. The number of ether oxygens (including phenoxy) is 2. The van der Waals surface area contributed by atoms with E-state index < -0.39 is 17.4 Å². The third-order valence-corrected chi connectivity index (χ3v) is 2.59. The number of benzene rings is 1. The van der Waals surface area contributed by atoms with Gasteiger partial charge in [-0.05, 0) is 19.1 Å². The number of para-hydroxylation sites is 1. The van der Waals surface area contributed by atoms with Crippen LogP contribution in [0.15, 0.2) is 18.2 Å². The molecule has 0 radical (unpaired) electrons. The Bertz CT molecular complexity index is 479. The maximum atomic E-state index is 11.9. The van der Waals surface area contributed by atoms with Gasteiger partial charge < -0.3 is 14.6 Å². The Kier molecular flexibility index (Phi) is 2.11. The molecule has 2 rings (SSSR count). The van der Waals surface area contributed by atoms with Crippen molar-refractivity contribution >= 4 is 11.8 Å². The number of hydrogen-bond donors (Lipinski definition) is 1. The number of carbonyl (C=O) groups is 2. The van der Waals surface area contributed by atoms with Crippen molar-refractivity contribution < 1.29 is 24.2 Å². The summed E-state index contributed by atoms with van der Waals surface area (Å²) in [5.74, 6) is -1.32. The zero-order chi connectivity index (χ0) is 11.9. The molecule has 1 aliphatic rings. The topological polar surface area (TPSA) is 72.8 Å². The summed E-state index contributed by atoms with van der Waals surface area (Å²) in [7, 11) is 1.43. The Hall–Kier alpha value is -2.04. The number of hydrogen-bond acceptors (Lipinski definition) is 4. The van der Waals surface area contributed by atoms with Crippen molar-refractivity contribution in [3.05, 3.63) is 23.8 Å². The van der Waals surface area contributed by atoms with Gasteiger partial charge in [-0.1, -0.05) is 6.07 Å². The van der Waals surface area contributed by atoms with E-state index in [0.29, 0.717) is 5.75 Å². The smallest absolute Gasteiger partial charge is 0.356 e. The van der Waals surface area contributed by atoms with E-state index in [9.17, 15) is 9.59 Å². The Labute approximate surface area is 91.6 Å². The lowest BCUT2D eigenvalue weighted by Crippen LogP contribution is -2.44. The number of carbonyl (C=O) groups excluding carboxylic acids is 1. The number of methoxy groups -OCH3 is 1. The highest BCUT2D eigenvalue weighted by Gasteiger charge is 2.51. The molecule has 5 nitrogen and oxygen atoms in total.